The predicted octanol–water partition coefficient (Wildman–Crippen LogP) is 3.95. The Hall–Kier alpha value is -3.91. The fraction of sp³-hybridized carbons (Fsp3) is 0.125. The molecule has 0 radical (unpaired) electrons. The zero-order valence-electron chi connectivity index (χ0n) is 17.5. The zero-order valence-corrected chi connectivity index (χ0v) is 18.2. The molecule has 0 aliphatic carbocycles. The number of fused-ring (bicyclic) bond motifs is 1. The van der Waals surface area contributed by atoms with Crippen LogP contribution >= 0.6 is 11.6 Å². The van der Waals surface area contributed by atoms with E-state index in [1.807, 2.05) is 0 Å². The van der Waals surface area contributed by atoms with Crippen molar-refractivity contribution in [2.24, 2.45) is 0 Å². The Labute approximate surface area is 192 Å². The molecule has 0 saturated carbocycles. The number of aromatic hydroxyl groups is 1. The summed E-state index contributed by atoms with van der Waals surface area (Å²) in [6, 6.07) is 12.2. The lowest BCUT2D eigenvalue weighted by Crippen LogP contribution is -2.23. The number of nitrogens with one attached hydrogen (secondary N) is 2. The number of ether oxygens (including phenoxy) is 1. The van der Waals surface area contributed by atoms with Crippen molar-refractivity contribution >= 4 is 28.4 Å². The SMILES string of the molecule is COc1cc(CNC(=O)c2ccc3[nH]c(=O)c(Cc4ccc(F)c(Cl)c4)c(O)c3c2)ccn1. The van der Waals surface area contributed by atoms with E-state index in [2.05, 4.69) is 15.3 Å². The average Bonchev–Trinajstić information content (AvgIpc) is 2.82. The molecular formula is C24H19ClFN3O4. The van der Waals surface area contributed by atoms with Crippen molar-refractivity contribution < 1.29 is 19.0 Å². The Kier molecular flexibility index (Phi) is 6.28. The number of halogens is 2. The lowest BCUT2D eigenvalue weighted by atomic mass is 10.0. The second-order valence-corrected chi connectivity index (χ2v) is 7.76. The number of H-pyrrole nitrogens is 1. The molecule has 2 aromatic heterocycles. The first kappa shape index (κ1) is 22.3. The maximum atomic E-state index is 13.4. The first-order valence-electron chi connectivity index (χ1n) is 9.94. The Morgan fingerprint density at radius 2 is 2.00 bits per heavy atom. The molecule has 0 aliphatic heterocycles. The maximum Gasteiger partial charge on any atom is 0.255 e. The van der Waals surface area contributed by atoms with E-state index in [9.17, 15) is 19.1 Å². The third-order valence-corrected chi connectivity index (χ3v) is 5.46. The van der Waals surface area contributed by atoms with E-state index in [1.54, 1.807) is 30.5 Å². The van der Waals surface area contributed by atoms with Gasteiger partial charge in [0.15, 0.2) is 0 Å². The molecule has 7 nitrogen and oxygen atoms in total. The van der Waals surface area contributed by atoms with E-state index in [1.165, 1.54) is 31.4 Å². The summed E-state index contributed by atoms with van der Waals surface area (Å²) in [5, 5.41) is 13.9. The first-order chi connectivity index (χ1) is 15.9. The third kappa shape index (κ3) is 4.80. The van der Waals surface area contributed by atoms with Crippen LogP contribution in [0.25, 0.3) is 10.9 Å². The van der Waals surface area contributed by atoms with Crippen LogP contribution in [0.5, 0.6) is 11.6 Å². The van der Waals surface area contributed by atoms with Crippen molar-refractivity contribution in [3.63, 3.8) is 0 Å². The molecule has 168 valence electrons. The molecule has 0 saturated heterocycles. The molecule has 0 aliphatic rings. The lowest BCUT2D eigenvalue weighted by molar-refractivity contribution is 0.0951. The molecule has 4 aromatic rings. The van der Waals surface area contributed by atoms with Crippen LogP contribution in [0.1, 0.15) is 27.0 Å². The van der Waals surface area contributed by atoms with Crippen LogP contribution in [0.4, 0.5) is 4.39 Å². The van der Waals surface area contributed by atoms with E-state index in [-0.39, 0.29) is 35.2 Å². The summed E-state index contributed by atoms with van der Waals surface area (Å²) >= 11 is 5.82. The Morgan fingerprint density at radius 3 is 2.76 bits per heavy atom. The molecule has 0 fully saturated rings. The highest BCUT2D eigenvalue weighted by Crippen LogP contribution is 2.28. The molecule has 3 N–H and O–H groups in total. The maximum absolute atomic E-state index is 13.4. The van der Waals surface area contributed by atoms with Gasteiger partial charge in [-0.25, -0.2) is 9.37 Å². The van der Waals surface area contributed by atoms with Gasteiger partial charge in [0.2, 0.25) is 5.88 Å². The monoisotopic (exact) mass is 467 g/mol. The van der Waals surface area contributed by atoms with Gasteiger partial charge >= 0.3 is 0 Å². The summed E-state index contributed by atoms with van der Waals surface area (Å²) in [4.78, 5) is 31.9. The van der Waals surface area contributed by atoms with Gasteiger partial charge in [0, 0.05) is 36.2 Å². The van der Waals surface area contributed by atoms with Crippen LogP contribution in [0, 0.1) is 5.82 Å². The standard InChI is InChI=1S/C24H19ClFN3O4/c1-33-21-10-14(6-7-27-21)12-28-23(31)15-3-5-20-16(11-15)22(30)17(24(32)29-20)8-13-2-4-19(26)18(25)9-13/h2-7,9-11H,8,12H2,1H3,(H,28,31)(H2,29,30,32). The number of nitrogens with zero attached hydrogens (tertiary/aromatic N) is 1. The Morgan fingerprint density at radius 1 is 1.18 bits per heavy atom. The van der Waals surface area contributed by atoms with Crippen molar-refractivity contribution in [3.05, 3.63) is 98.2 Å². The van der Waals surface area contributed by atoms with Crippen LogP contribution in [0.2, 0.25) is 5.02 Å². The molecule has 0 unspecified atom stereocenters. The number of rotatable bonds is 6. The van der Waals surface area contributed by atoms with Crippen molar-refractivity contribution in [1.82, 2.24) is 15.3 Å². The minimum absolute atomic E-state index is 0.0391. The van der Waals surface area contributed by atoms with Crippen molar-refractivity contribution in [3.8, 4) is 11.6 Å². The third-order valence-electron chi connectivity index (χ3n) is 5.17. The van der Waals surface area contributed by atoms with Crippen molar-refractivity contribution in [1.29, 1.82) is 0 Å². The van der Waals surface area contributed by atoms with Gasteiger partial charge in [-0.1, -0.05) is 17.7 Å². The van der Waals surface area contributed by atoms with E-state index in [0.29, 0.717) is 27.9 Å². The number of amides is 1. The number of hydrogen-bond donors (Lipinski definition) is 3. The largest absolute Gasteiger partial charge is 0.507 e. The van der Waals surface area contributed by atoms with Gasteiger partial charge < -0.3 is 20.1 Å². The normalized spacial score (nSPS) is 10.9. The topological polar surface area (TPSA) is 104 Å². The highest BCUT2D eigenvalue weighted by molar-refractivity contribution is 6.30. The Bertz CT molecular complexity index is 1420. The number of aromatic nitrogens is 2. The number of aromatic amines is 1. The minimum Gasteiger partial charge on any atom is -0.507 e. The number of benzene rings is 2. The number of methoxy groups -OCH3 is 1. The molecule has 1 amide bonds. The summed E-state index contributed by atoms with van der Waals surface area (Å²) in [5.74, 6) is -0.734. The number of carbonyl (C=O) groups excluding carboxylic acids is 1. The number of hydrogen-bond acceptors (Lipinski definition) is 5. The molecule has 0 spiro atoms. The molecule has 33 heavy (non-hydrogen) atoms. The average molecular weight is 468 g/mol. The van der Waals surface area contributed by atoms with E-state index < -0.39 is 11.4 Å². The van der Waals surface area contributed by atoms with Gasteiger partial charge in [-0.3, -0.25) is 9.59 Å². The van der Waals surface area contributed by atoms with Crippen LogP contribution in [-0.4, -0.2) is 28.1 Å². The molecule has 0 atom stereocenters. The van der Waals surface area contributed by atoms with E-state index >= 15 is 0 Å². The Balaban J connectivity index is 1.61. The predicted molar refractivity (Wildman–Crippen MR) is 122 cm³/mol. The van der Waals surface area contributed by atoms with E-state index in [4.69, 9.17) is 16.3 Å². The smallest absolute Gasteiger partial charge is 0.255 e. The van der Waals surface area contributed by atoms with Gasteiger partial charge in [0.05, 0.1) is 23.2 Å². The molecule has 0 bridgehead atoms. The van der Waals surface area contributed by atoms with Crippen LogP contribution in [0.3, 0.4) is 0 Å². The molecule has 2 aromatic carbocycles. The summed E-state index contributed by atoms with van der Waals surface area (Å²) in [5.41, 5.74) is 1.66. The summed E-state index contributed by atoms with van der Waals surface area (Å²) in [7, 11) is 1.51. The lowest BCUT2D eigenvalue weighted by Gasteiger charge is -2.10. The van der Waals surface area contributed by atoms with Gasteiger partial charge in [-0.05, 0) is 47.5 Å². The van der Waals surface area contributed by atoms with Gasteiger partial charge in [0.25, 0.3) is 11.5 Å². The fourth-order valence-electron chi connectivity index (χ4n) is 3.43. The molecule has 2 heterocycles. The fourth-order valence-corrected chi connectivity index (χ4v) is 3.64. The van der Waals surface area contributed by atoms with Crippen LogP contribution in [-0.2, 0) is 13.0 Å². The summed E-state index contributed by atoms with van der Waals surface area (Å²) < 4.78 is 18.5. The quantitative estimate of drug-likeness (QED) is 0.398. The van der Waals surface area contributed by atoms with Crippen molar-refractivity contribution in [2.45, 2.75) is 13.0 Å². The molecule has 9 heteroatoms. The highest BCUT2D eigenvalue weighted by Gasteiger charge is 2.16. The minimum atomic E-state index is -0.571. The number of carbonyl (C=O) groups is 1. The highest BCUT2D eigenvalue weighted by atomic mass is 35.5. The number of pyridine rings is 2. The van der Waals surface area contributed by atoms with E-state index in [0.717, 1.165) is 5.56 Å². The van der Waals surface area contributed by atoms with Gasteiger partial charge in [0.1, 0.15) is 11.6 Å². The second-order valence-electron chi connectivity index (χ2n) is 7.36. The second kappa shape index (κ2) is 9.30. The van der Waals surface area contributed by atoms with Crippen LogP contribution < -0.4 is 15.6 Å². The molecular weight excluding hydrogens is 449 g/mol. The summed E-state index contributed by atoms with van der Waals surface area (Å²) in [6.45, 7) is 0.254. The van der Waals surface area contributed by atoms with Crippen molar-refractivity contribution in [2.75, 3.05) is 7.11 Å². The first-order valence-corrected chi connectivity index (χ1v) is 10.3. The van der Waals surface area contributed by atoms with Gasteiger partial charge in [-0.2, -0.15) is 0 Å². The van der Waals surface area contributed by atoms with Crippen LogP contribution in [0.15, 0.2) is 59.5 Å². The molecule has 4 rings (SSSR count). The zero-order chi connectivity index (χ0) is 23.5. The summed E-state index contributed by atoms with van der Waals surface area (Å²) in [6.07, 6.45) is 1.62. The van der Waals surface area contributed by atoms with Gasteiger partial charge in [-0.15, -0.1) is 0 Å².